The highest BCUT2D eigenvalue weighted by Gasteiger charge is 2.35. The van der Waals surface area contributed by atoms with Crippen LogP contribution in [-0.2, 0) is 16.1 Å². The standard InChI is InChI=1S/C33H30N2O5S/c1-4-39-29-17-23(13-15-28(29)40-20-31(36)34-26-14-12-21(2)22(3)16-26)18-30-32(37)35(33(38)41-30)19-25-10-7-9-24-8-5-6-11-27(24)25/h5-18H,4,19-20H2,1-3H3,(H,34,36)/b30-18+. The van der Waals surface area contributed by atoms with Crippen molar-refractivity contribution in [2.24, 2.45) is 0 Å². The predicted molar refractivity (Wildman–Crippen MR) is 163 cm³/mol. The minimum Gasteiger partial charge on any atom is -0.490 e. The predicted octanol–water partition coefficient (Wildman–Crippen LogP) is 7.11. The number of hydrogen-bond acceptors (Lipinski definition) is 6. The first-order valence-corrected chi connectivity index (χ1v) is 14.1. The van der Waals surface area contributed by atoms with Crippen LogP contribution >= 0.6 is 11.8 Å². The van der Waals surface area contributed by atoms with E-state index in [1.807, 2.05) is 81.4 Å². The molecule has 1 aliphatic heterocycles. The van der Waals surface area contributed by atoms with Crippen molar-refractivity contribution in [2.45, 2.75) is 27.3 Å². The molecule has 0 saturated carbocycles. The molecule has 0 aliphatic carbocycles. The number of imide groups is 1. The second kappa shape index (κ2) is 12.3. The Labute approximate surface area is 243 Å². The molecule has 0 atom stereocenters. The average Bonchev–Trinajstić information content (AvgIpc) is 3.22. The Morgan fingerprint density at radius 2 is 1.71 bits per heavy atom. The monoisotopic (exact) mass is 566 g/mol. The molecule has 4 aromatic carbocycles. The molecule has 0 aromatic heterocycles. The van der Waals surface area contributed by atoms with Gasteiger partial charge in [0, 0.05) is 5.69 Å². The molecular formula is C33H30N2O5S. The van der Waals surface area contributed by atoms with Gasteiger partial charge in [0.25, 0.3) is 17.1 Å². The highest BCUT2D eigenvalue weighted by molar-refractivity contribution is 8.18. The highest BCUT2D eigenvalue weighted by atomic mass is 32.2. The minimum atomic E-state index is -0.339. The van der Waals surface area contributed by atoms with Crippen LogP contribution in [0.3, 0.4) is 0 Å². The van der Waals surface area contributed by atoms with E-state index in [4.69, 9.17) is 9.47 Å². The molecule has 0 spiro atoms. The number of aryl methyl sites for hydroxylation is 2. The number of amides is 3. The van der Waals surface area contributed by atoms with Crippen LogP contribution in [0, 0.1) is 13.8 Å². The summed E-state index contributed by atoms with van der Waals surface area (Å²) >= 11 is 0.915. The van der Waals surface area contributed by atoms with Gasteiger partial charge in [-0.25, -0.2) is 0 Å². The zero-order valence-corrected chi connectivity index (χ0v) is 23.9. The van der Waals surface area contributed by atoms with Gasteiger partial charge in [-0.3, -0.25) is 19.3 Å². The van der Waals surface area contributed by atoms with Crippen molar-refractivity contribution in [3.05, 3.63) is 106 Å². The summed E-state index contributed by atoms with van der Waals surface area (Å²) in [4.78, 5) is 40.1. The third-order valence-corrected chi connectivity index (χ3v) is 7.70. The largest absolute Gasteiger partial charge is 0.490 e. The zero-order chi connectivity index (χ0) is 28.9. The molecule has 1 heterocycles. The number of hydrogen-bond donors (Lipinski definition) is 1. The third kappa shape index (κ3) is 6.44. The van der Waals surface area contributed by atoms with Crippen LogP contribution in [0.2, 0.25) is 0 Å². The number of carbonyl (C=O) groups excluding carboxylic acids is 3. The molecule has 0 radical (unpaired) electrons. The van der Waals surface area contributed by atoms with Crippen molar-refractivity contribution in [1.82, 2.24) is 4.90 Å². The maximum absolute atomic E-state index is 13.2. The van der Waals surface area contributed by atoms with Crippen LogP contribution in [0.1, 0.15) is 29.2 Å². The molecule has 1 aliphatic rings. The fourth-order valence-corrected chi connectivity index (χ4v) is 5.39. The number of thioether (sulfide) groups is 1. The van der Waals surface area contributed by atoms with E-state index < -0.39 is 0 Å². The summed E-state index contributed by atoms with van der Waals surface area (Å²) in [7, 11) is 0. The van der Waals surface area contributed by atoms with Crippen LogP contribution in [0.15, 0.2) is 83.8 Å². The fourth-order valence-electron chi connectivity index (χ4n) is 4.55. The Morgan fingerprint density at radius 3 is 2.51 bits per heavy atom. The Kier molecular flexibility index (Phi) is 8.40. The molecule has 208 valence electrons. The molecule has 4 aromatic rings. The molecule has 1 N–H and O–H groups in total. The first-order valence-electron chi connectivity index (χ1n) is 13.3. The summed E-state index contributed by atoms with van der Waals surface area (Å²) in [5.74, 6) is 0.215. The van der Waals surface area contributed by atoms with Crippen LogP contribution in [-0.4, -0.2) is 35.2 Å². The summed E-state index contributed by atoms with van der Waals surface area (Å²) in [6, 6.07) is 24.7. The van der Waals surface area contributed by atoms with E-state index in [2.05, 4.69) is 5.32 Å². The van der Waals surface area contributed by atoms with E-state index >= 15 is 0 Å². The lowest BCUT2D eigenvalue weighted by Crippen LogP contribution is -2.27. The van der Waals surface area contributed by atoms with E-state index in [-0.39, 0.29) is 30.2 Å². The van der Waals surface area contributed by atoms with Gasteiger partial charge < -0.3 is 14.8 Å². The molecule has 1 fully saturated rings. The Morgan fingerprint density at radius 1 is 0.902 bits per heavy atom. The van der Waals surface area contributed by atoms with E-state index in [1.165, 1.54) is 4.90 Å². The number of nitrogens with zero attached hydrogens (tertiary/aromatic N) is 1. The fraction of sp³-hybridized carbons (Fsp3) is 0.182. The van der Waals surface area contributed by atoms with Crippen molar-refractivity contribution >= 4 is 51.4 Å². The average molecular weight is 567 g/mol. The summed E-state index contributed by atoms with van der Waals surface area (Å²) in [5.41, 5.74) is 4.53. The van der Waals surface area contributed by atoms with Gasteiger partial charge in [0.05, 0.1) is 18.1 Å². The van der Waals surface area contributed by atoms with Crippen molar-refractivity contribution in [3.63, 3.8) is 0 Å². The lowest BCUT2D eigenvalue weighted by atomic mass is 10.0. The van der Waals surface area contributed by atoms with Gasteiger partial charge >= 0.3 is 0 Å². The minimum absolute atomic E-state index is 0.195. The van der Waals surface area contributed by atoms with Crippen molar-refractivity contribution in [2.75, 3.05) is 18.5 Å². The molecule has 7 nitrogen and oxygen atoms in total. The van der Waals surface area contributed by atoms with Crippen LogP contribution in [0.5, 0.6) is 11.5 Å². The van der Waals surface area contributed by atoms with E-state index in [1.54, 1.807) is 24.3 Å². The van der Waals surface area contributed by atoms with E-state index in [9.17, 15) is 14.4 Å². The smallest absolute Gasteiger partial charge is 0.293 e. The number of benzene rings is 4. The van der Waals surface area contributed by atoms with Gasteiger partial charge in [-0.2, -0.15) is 0 Å². The lowest BCUT2D eigenvalue weighted by molar-refractivity contribution is -0.123. The maximum Gasteiger partial charge on any atom is 0.293 e. The second-order valence-electron chi connectivity index (χ2n) is 9.68. The summed E-state index contributed by atoms with van der Waals surface area (Å²) in [6.07, 6.45) is 1.67. The third-order valence-electron chi connectivity index (χ3n) is 6.80. The molecular weight excluding hydrogens is 536 g/mol. The van der Waals surface area contributed by atoms with Crippen molar-refractivity contribution in [3.8, 4) is 11.5 Å². The number of carbonyl (C=O) groups is 3. The number of rotatable bonds is 9. The molecule has 1 saturated heterocycles. The number of anilines is 1. The molecule has 3 amide bonds. The number of fused-ring (bicyclic) bond motifs is 1. The Hall–Kier alpha value is -4.56. The van der Waals surface area contributed by atoms with Gasteiger partial charge in [-0.15, -0.1) is 0 Å². The molecule has 5 rings (SSSR count). The van der Waals surface area contributed by atoms with E-state index in [0.29, 0.717) is 34.3 Å². The van der Waals surface area contributed by atoms with Crippen LogP contribution in [0.4, 0.5) is 10.5 Å². The van der Waals surface area contributed by atoms with Crippen molar-refractivity contribution in [1.29, 1.82) is 0 Å². The Bertz CT molecular complexity index is 1670. The van der Waals surface area contributed by atoms with Gasteiger partial charge in [-0.1, -0.05) is 54.6 Å². The summed E-state index contributed by atoms with van der Waals surface area (Å²) in [6.45, 7) is 6.24. The second-order valence-corrected chi connectivity index (χ2v) is 10.7. The number of nitrogens with one attached hydrogen (secondary N) is 1. The van der Waals surface area contributed by atoms with Gasteiger partial charge in [0.15, 0.2) is 18.1 Å². The van der Waals surface area contributed by atoms with E-state index in [0.717, 1.165) is 39.2 Å². The first-order chi connectivity index (χ1) is 19.8. The van der Waals surface area contributed by atoms with Crippen LogP contribution < -0.4 is 14.8 Å². The summed E-state index contributed by atoms with van der Waals surface area (Å²) in [5, 5.41) is 4.60. The first kappa shape index (κ1) is 28.0. The summed E-state index contributed by atoms with van der Waals surface area (Å²) < 4.78 is 11.5. The van der Waals surface area contributed by atoms with Crippen molar-refractivity contribution < 1.29 is 23.9 Å². The van der Waals surface area contributed by atoms with Gasteiger partial charge in [0.2, 0.25) is 0 Å². The van der Waals surface area contributed by atoms with Crippen LogP contribution in [0.25, 0.3) is 16.8 Å². The topological polar surface area (TPSA) is 84.9 Å². The SMILES string of the molecule is CCOc1cc(/C=C2/SC(=O)N(Cc3cccc4ccccc34)C2=O)ccc1OCC(=O)Nc1ccc(C)c(C)c1. The molecule has 0 bridgehead atoms. The highest BCUT2D eigenvalue weighted by Crippen LogP contribution is 2.36. The number of ether oxygens (including phenoxy) is 2. The molecule has 41 heavy (non-hydrogen) atoms. The van der Waals surface area contributed by atoms with Gasteiger partial charge in [-0.05, 0) is 95.9 Å². The molecule has 0 unspecified atom stereocenters. The van der Waals surface area contributed by atoms with Gasteiger partial charge in [0.1, 0.15) is 0 Å². The molecule has 8 heteroatoms. The maximum atomic E-state index is 13.2. The Balaban J connectivity index is 1.28. The lowest BCUT2D eigenvalue weighted by Gasteiger charge is -2.14. The normalized spacial score (nSPS) is 14.1. The zero-order valence-electron chi connectivity index (χ0n) is 23.1. The quantitative estimate of drug-likeness (QED) is 0.217.